The normalized spacial score (nSPS) is 32.4. The zero-order chi connectivity index (χ0) is 11.8. The van der Waals surface area contributed by atoms with E-state index in [1.54, 1.807) is 0 Å². The first-order valence-electron chi connectivity index (χ1n) is 5.97. The van der Waals surface area contributed by atoms with Gasteiger partial charge in [-0.3, -0.25) is 4.79 Å². The van der Waals surface area contributed by atoms with E-state index in [9.17, 15) is 4.79 Å². The van der Waals surface area contributed by atoms with Crippen molar-refractivity contribution >= 4 is 5.91 Å². The van der Waals surface area contributed by atoms with Crippen LogP contribution in [0.2, 0.25) is 0 Å². The fourth-order valence-corrected chi connectivity index (χ4v) is 2.59. The Morgan fingerprint density at radius 2 is 2.31 bits per heavy atom. The van der Waals surface area contributed by atoms with Crippen molar-refractivity contribution in [1.82, 2.24) is 10.6 Å². The molecule has 2 saturated heterocycles. The molecule has 4 nitrogen and oxygen atoms in total. The van der Waals surface area contributed by atoms with Crippen LogP contribution in [0.4, 0.5) is 0 Å². The van der Waals surface area contributed by atoms with Crippen molar-refractivity contribution in [2.24, 2.45) is 11.3 Å². The van der Waals surface area contributed by atoms with Crippen molar-refractivity contribution < 1.29 is 4.79 Å². The molecule has 2 rings (SSSR count). The summed E-state index contributed by atoms with van der Waals surface area (Å²) in [6.07, 6.45) is 3.28. The second-order valence-corrected chi connectivity index (χ2v) is 5.60. The van der Waals surface area contributed by atoms with Crippen LogP contribution in [0.3, 0.4) is 0 Å². The molecule has 0 radical (unpaired) electrons. The SMILES string of the molecule is CC(C)(C#N)CNC(=O)C1CC2CCC1N2. The number of carbonyl (C=O) groups excluding carboxylic acids is 1. The molecule has 2 aliphatic heterocycles. The summed E-state index contributed by atoms with van der Waals surface area (Å²) in [7, 11) is 0. The van der Waals surface area contributed by atoms with Crippen LogP contribution in [0, 0.1) is 22.7 Å². The van der Waals surface area contributed by atoms with Gasteiger partial charge in [-0.05, 0) is 33.1 Å². The van der Waals surface area contributed by atoms with Crippen LogP contribution < -0.4 is 10.6 Å². The van der Waals surface area contributed by atoms with Crippen molar-refractivity contribution in [2.75, 3.05) is 6.54 Å². The lowest BCUT2D eigenvalue weighted by Gasteiger charge is -2.22. The molecule has 3 atom stereocenters. The summed E-state index contributed by atoms with van der Waals surface area (Å²) in [5, 5.41) is 15.2. The highest BCUT2D eigenvalue weighted by Crippen LogP contribution is 2.33. The van der Waals surface area contributed by atoms with Gasteiger partial charge in [-0.25, -0.2) is 0 Å². The van der Waals surface area contributed by atoms with Crippen LogP contribution in [0.1, 0.15) is 33.1 Å². The molecule has 0 saturated carbocycles. The molecule has 2 fully saturated rings. The van der Waals surface area contributed by atoms with Crippen LogP contribution in [0.15, 0.2) is 0 Å². The molecule has 88 valence electrons. The lowest BCUT2D eigenvalue weighted by atomic mass is 9.88. The Balaban J connectivity index is 1.83. The zero-order valence-corrected chi connectivity index (χ0v) is 9.92. The smallest absolute Gasteiger partial charge is 0.224 e. The van der Waals surface area contributed by atoms with Gasteiger partial charge >= 0.3 is 0 Å². The summed E-state index contributed by atoms with van der Waals surface area (Å²) in [6.45, 7) is 4.12. The van der Waals surface area contributed by atoms with Gasteiger partial charge in [0.25, 0.3) is 0 Å². The molecule has 2 N–H and O–H groups in total. The van der Waals surface area contributed by atoms with Crippen molar-refractivity contribution in [3.63, 3.8) is 0 Å². The summed E-state index contributed by atoms with van der Waals surface area (Å²) in [5.74, 6) is 0.233. The topological polar surface area (TPSA) is 64.9 Å². The van der Waals surface area contributed by atoms with E-state index in [1.807, 2.05) is 13.8 Å². The summed E-state index contributed by atoms with van der Waals surface area (Å²) in [4.78, 5) is 11.9. The van der Waals surface area contributed by atoms with Gasteiger partial charge in [0.05, 0.1) is 17.4 Å². The van der Waals surface area contributed by atoms with Gasteiger partial charge in [0.15, 0.2) is 0 Å². The predicted octanol–water partition coefficient (Wildman–Crippen LogP) is 0.793. The van der Waals surface area contributed by atoms with Gasteiger partial charge in [-0.2, -0.15) is 5.26 Å². The molecule has 2 aliphatic rings. The molecule has 2 bridgehead atoms. The van der Waals surface area contributed by atoms with Crippen LogP contribution in [-0.4, -0.2) is 24.5 Å². The first-order chi connectivity index (χ1) is 7.52. The first kappa shape index (κ1) is 11.4. The van der Waals surface area contributed by atoms with E-state index < -0.39 is 5.41 Å². The number of hydrogen-bond acceptors (Lipinski definition) is 3. The number of fused-ring (bicyclic) bond motifs is 2. The van der Waals surface area contributed by atoms with Crippen LogP contribution >= 0.6 is 0 Å². The van der Waals surface area contributed by atoms with Crippen LogP contribution in [-0.2, 0) is 4.79 Å². The molecule has 1 amide bonds. The van der Waals surface area contributed by atoms with Gasteiger partial charge in [-0.1, -0.05) is 0 Å². The molecule has 3 unspecified atom stereocenters. The molecule has 0 aromatic carbocycles. The van der Waals surface area contributed by atoms with E-state index in [0.29, 0.717) is 18.6 Å². The van der Waals surface area contributed by atoms with Gasteiger partial charge in [0, 0.05) is 18.6 Å². The third-order valence-corrected chi connectivity index (χ3v) is 3.64. The fraction of sp³-hybridized carbons (Fsp3) is 0.833. The molecular formula is C12H19N3O. The van der Waals surface area contributed by atoms with Gasteiger partial charge in [0.2, 0.25) is 5.91 Å². The largest absolute Gasteiger partial charge is 0.354 e. The van der Waals surface area contributed by atoms with Gasteiger partial charge in [-0.15, -0.1) is 0 Å². The van der Waals surface area contributed by atoms with Crippen molar-refractivity contribution in [2.45, 2.75) is 45.2 Å². The highest BCUT2D eigenvalue weighted by Gasteiger charge is 2.42. The van der Waals surface area contributed by atoms with E-state index in [4.69, 9.17) is 5.26 Å². The maximum Gasteiger partial charge on any atom is 0.224 e. The Morgan fingerprint density at radius 1 is 1.56 bits per heavy atom. The standard InChI is InChI=1S/C12H19N3O/c1-12(2,6-13)7-14-11(16)9-5-8-3-4-10(9)15-8/h8-10,15H,3-5,7H2,1-2H3,(H,14,16). The maximum atomic E-state index is 11.9. The number of carbonyl (C=O) groups is 1. The molecule has 0 spiro atoms. The average molecular weight is 221 g/mol. The van der Waals surface area contributed by atoms with E-state index in [0.717, 1.165) is 12.8 Å². The van der Waals surface area contributed by atoms with Crippen molar-refractivity contribution in [1.29, 1.82) is 5.26 Å². The quantitative estimate of drug-likeness (QED) is 0.740. The number of nitrogens with zero attached hydrogens (tertiary/aromatic N) is 1. The summed E-state index contributed by atoms with van der Waals surface area (Å²) in [5.41, 5.74) is -0.472. The number of hydrogen-bond donors (Lipinski definition) is 2. The van der Waals surface area contributed by atoms with Gasteiger partial charge < -0.3 is 10.6 Å². The predicted molar refractivity (Wildman–Crippen MR) is 60.5 cm³/mol. The Labute approximate surface area is 96.4 Å². The van der Waals surface area contributed by atoms with Crippen molar-refractivity contribution in [3.05, 3.63) is 0 Å². The number of rotatable bonds is 3. The molecule has 16 heavy (non-hydrogen) atoms. The van der Waals surface area contributed by atoms with E-state index >= 15 is 0 Å². The minimum Gasteiger partial charge on any atom is -0.354 e. The molecule has 0 aromatic heterocycles. The monoisotopic (exact) mass is 221 g/mol. The molecule has 4 heteroatoms. The molecule has 0 aromatic rings. The van der Waals surface area contributed by atoms with E-state index in [1.165, 1.54) is 6.42 Å². The molecule has 2 heterocycles. The third kappa shape index (κ3) is 2.19. The second kappa shape index (κ2) is 4.06. The van der Waals surface area contributed by atoms with Crippen LogP contribution in [0.25, 0.3) is 0 Å². The number of nitriles is 1. The minimum atomic E-state index is -0.472. The fourth-order valence-electron chi connectivity index (χ4n) is 2.59. The number of nitrogens with one attached hydrogen (secondary N) is 2. The Hall–Kier alpha value is -1.08. The summed E-state index contributed by atoms with van der Waals surface area (Å²) < 4.78 is 0. The Kier molecular flexibility index (Phi) is 2.90. The highest BCUT2D eigenvalue weighted by atomic mass is 16.1. The summed E-state index contributed by atoms with van der Waals surface area (Å²) in [6, 6.07) is 3.11. The van der Waals surface area contributed by atoms with E-state index in [-0.39, 0.29) is 11.8 Å². The van der Waals surface area contributed by atoms with Crippen molar-refractivity contribution in [3.8, 4) is 6.07 Å². The average Bonchev–Trinajstić information content (AvgIpc) is 2.87. The van der Waals surface area contributed by atoms with Gasteiger partial charge in [0.1, 0.15) is 0 Å². The highest BCUT2D eigenvalue weighted by molar-refractivity contribution is 5.80. The Bertz CT molecular complexity index is 332. The summed E-state index contributed by atoms with van der Waals surface area (Å²) >= 11 is 0. The molecular weight excluding hydrogens is 202 g/mol. The van der Waals surface area contributed by atoms with E-state index in [2.05, 4.69) is 16.7 Å². The first-order valence-corrected chi connectivity index (χ1v) is 5.97. The molecule has 0 aliphatic carbocycles. The maximum absolute atomic E-state index is 11.9. The lowest BCUT2D eigenvalue weighted by Crippen LogP contribution is -2.41. The Morgan fingerprint density at radius 3 is 2.81 bits per heavy atom. The minimum absolute atomic E-state index is 0.114. The zero-order valence-electron chi connectivity index (χ0n) is 9.92. The third-order valence-electron chi connectivity index (χ3n) is 3.64. The number of amides is 1. The lowest BCUT2D eigenvalue weighted by molar-refractivity contribution is -0.125. The van der Waals surface area contributed by atoms with Crippen LogP contribution in [0.5, 0.6) is 0 Å². The second-order valence-electron chi connectivity index (χ2n) is 5.60.